The number of rotatable bonds is 4. The first kappa shape index (κ1) is 9.37. The van der Waals surface area contributed by atoms with Crippen molar-refractivity contribution in [1.29, 1.82) is 0 Å². The molecule has 0 amide bonds. The number of ether oxygens (including phenoxy) is 1. The zero-order valence-corrected chi connectivity index (χ0v) is 6.76. The zero-order chi connectivity index (χ0) is 7.98. The van der Waals surface area contributed by atoms with Crippen LogP contribution >= 0.6 is 0 Å². The van der Waals surface area contributed by atoms with Gasteiger partial charge in [-0.05, 0) is 13.0 Å². The minimum Gasteiger partial charge on any atom is -0.384 e. The molecule has 0 fully saturated rings. The minimum absolute atomic E-state index is 0.0128. The van der Waals surface area contributed by atoms with Gasteiger partial charge in [0.25, 0.3) is 0 Å². The molecule has 0 aromatic rings. The van der Waals surface area contributed by atoms with Crippen molar-refractivity contribution < 1.29 is 9.53 Å². The quantitative estimate of drug-likeness (QED) is 0.555. The highest BCUT2D eigenvalue weighted by molar-refractivity contribution is 5.91. The average Bonchev–Trinajstić information content (AvgIpc) is 1.89. The van der Waals surface area contributed by atoms with Crippen LogP contribution in [0.25, 0.3) is 0 Å². The number of ketones is 1. The summed E-state index contributed by atoms with van der Waals surface area (Å²) >= 11 is 0. The Morgan fingerprint density at radius 3 is 2.70 bits per heavy atom. The molecule has 0 heterocycles. The number of methoxy groups -OCH3 is 1. The molecule has 0 saturated carbocycles. The molecule has 10 heavy (non-hydrogen) atoms. The number of hydrogen-bond acceptors (Lipinski definition) is 2. The first-order valence-corrected chi connectivity index (χ1v) is 3.37. The monoisotopic (exact) mass is 142 g/mol. The smallest absolute Gasteiger partial charge is 0.160 e. The van der Waals surface area contributed by atoms with Crippen LogP contribution in [0.2, 0.25) is 0 Å². The second-order valence-electron chi connectivity index (χ2n) is 2.26. The highest BCUT2D eigenvalue weighted by Gasteiger charge is 2.07. The van der Waals surface area contributed by atoms with Gasteiger partial charge < -0.3 is 4.74 Å². The zero-order valence-electron chi connectivity index (χ0n) is 6.76. The van der Waals surface area contributed by atoms with Crippen LogP contribution in [0.4, 0.5) is 0 Å². The highest BCUT2D eigenvalue weighted by atomic mass is 16.5. The van der Waals surface area contributed by atoms with Gasteiger partial charge in [-0.15, -0.1) is 0 Å². The predicted octanol–water partition coefficient (Wildman–Crippen LogP) is 1.41. The van der Waals surface area contributed by atoms with E-state index in [0.29, 0.717) is 6.61 Å². The lowest BCUT2D eigenvalue weighted by molar-refractivity contribution is -0.119. The fourth-order valence-corrected chi connectivity index (χ4v) is 0.661. The van der Waals surface area contributed by atoms with Crippen molar-refractivity contribution in [2.75, 3.05) is 13.7 Å². The van der Waals surface area contributed by atoms with Gasteiger partial charge in [0.1, 0.15) is 0 Å². The van der Waals surface area contributed by atoms with E-state index in [1.165, 1.54) is 0 Å². The van der Waals surface area contributed by atoms with Gasteiger partial charge in [0.05, 0.1) is 6.61 Å². The summed E-state index contributed by atoms with van der Waals surface area (Å²) in [5.41, 5.74) is 0. The Balaban J connectivity index is 3.70. The van der Waals surface area contributed by atoms with Crippen molar-refractivity contribution in [3.63, 3.8) is 0 Å². The molecule has 1 unspecified atom stereocenters. The summed E-state index contributed by atoms with van der Waals surface area (Å²) in [5, 5.41) is 0. The van der Waals surface area contributed by atoms with E-state index in [1.54, 1.807) is 19.3 Å². The number of allylic oxidation sites excluding steroid dienone is 2. The maximum atomic E-state index is 11.0. The highest BCUT2D eigenvalue weighted by Crippen LogP contribution is 1.97. The van der Waals surface area contributed by atoms with Crippen LogP contribution in [-0.4, -0.2) is 19.5 Å². The summed E-state index contributed by atoms with van der Waals surface area (Å²) in [6.45, 7) is 4.19. The topological polar surface area (TPSA) is 26.3 Å². The maximum Gasteiger partial charge on any atom is 0.160 e. The van der Waals surface area contributed by atoms with E-state index >= 15 is 0 Å². The van der Waals surface area contributed by atoms with Crippen molar-refractivity contribution in [2.24, 2.45) is 5.92 Å². The summed E-state index contributed by atoms with van der Waals surface area (Å²) in [6, 6.07) is 0. The van der Waals surface area contributed by atoms with Crippen molar-refractivity contribution in [1.82, 2.24) is 0 Å². The Kier molecular flexibility index (Phi) is 4.85. The Morgan fingerprint density at radius 1 is 1.70 bits per heavy atom. The van der Waals surface area contributed by atoms with Crippen LogP contribution in [0.5, 0.6) is 0 Å². The molecule has 0 aromatic heterocycles. The van der Waals surface area contributed by atoms with Crippen LogP contribution in [-0.2, 0) is 9.53 Å². The molecular formula is C8H14O2. The lowest BCUT2D eigenvalue weighted by Crippen LogP contribution is -2.13. The molecule has 0 radical (unpaired) electrons. The standard InChI is InChI=1S/C8H14O2/c1-4-5-8(9)7(2)6-10-3/h4-5,7H,6H2,1-3H3/b5-4+. The second-order valence-corrected chi connectivity index (χ2v) is 2.26. The molecule has 0 aliphatic carbocycles. The summed E-state index contributed by atoms with van der Waals surface area (Å²) < 4.78 is 4.82. The molecule has 0 rings (SSSR count). The molecule has 2 nitrogen and oxygen atoms in total. The van der Waals surface area contributed by atoms with Crippen LogP contribution < -0.4 is 0 Å². The third kappa shape index (κ3) is 3.41. The number of hydrogen-bond donors (Lipinski definition) is 0. The Labute approximate surface area is 61.9 Å². The second kappa shape index (κ2) is 5.18. The van der Waals surface area contributed by atoms with Crippen molar-refractivity contribution in [3.05, 3.63) is 12.2 Å². The van der Waals surface area contributed by atoms with E-state index in [0.717, 1.165) is 0 Å². The summed E-state index contributed by atoms with van der Waals surface area (Å²) in [7, 11) is 1.60. The molecular weight excluding hydrogens is 128 g/mol. The number of carbonyl (C=O) groups is 1. The molecule has 1 atom stereocenters. The van der Waals surface area contributed by atoms with E-state index in [4.69, 9.17) is 4.74 Å². The van der Waals surface area contributed by atoms with Gasteiger partial charge in [0.2, 0.25) is 0 Å². The fraction of sp³-hybridized carbons (Fsp3) is 0.625. The Hall–Kier alpha value is -0.630. The summed E-state index contributed by atoms with van der Waals surface area (Å²) in [4.78, 5) is 11.0. The average molecular weight is 142 g/mol. The molecule has 0 saturated heterocycles. The lowest BCUT2D eigenvalue weighted by Gasteiger charge is -2.03. The van der Waals surface area contributed by atoms with E-state index in [9.17, 15) is 4.79 Å². The van der Waals surface area contributed by atoms with Crippen LogP contribution in [0, 0.1) is 5.92 Å². The Morgan fingerprint density at radius 2 is 2.30 bits per heavy atom. The molecule has 2 heteroatoms. The largest absolute Gasteiger partial charge is 0.384 e. The van der Waals surface area contributed by atoms with E-state index in [-0.39, 0.29) is 11.7 Å². The van der Waals surface area contributed by atoms with Crippen molar-refractivity contribution >= 4 is 5.78 Å². The van der Waals surface area contributed by atoms with Gasteiger partial charge in [0.15, 0.2) is 5.78 Å². The predicted molar refractivity (Wildman–Crippen MR) is 40.9 cm³/mol. The van der Waals surface area contributed by atoms with Crippen LogP contribution in [0.1, 0.15) is 13.8 Å². The van der Waals surface area contributed by atoms with Crippen LogP contribution in [0.15, 0.2) is 12.2 Å². The number of carbonyl (C=O) groups excluding carboxylic acids is 1. The molecule has 0 aromatic carbocycles. The van der Waals surface area contributed by atoms with E-state index in [2.05, 4.69) is 0 Å². The van der Waals surface area contributed by atoms with Gasteiger partial charge in [-0.3, -0.25) is 4.79 Å². The first-order valence-electron chi connectivity index (χ1n) is 3.37. The van der Waals surface area contributed by atoms with Gasteiger partial charge >= 0.3 is 0 Å². The van der Waals surface area contributed by atoms with Gasteiger partial charge in [-0.2, -0.15) is 0 Å². The van der Waals surface area contributed by atoms with Crippen molar-refractivity contribution in [2.45, 2.75) is 13.8 Å². The molecule has 0 aliphatic rings. The lowest BCUT2D eigenvalue weighted by atomic mass is 10.1. The van der Waals surface area contributed by atoms with Crippen LogP contribution in [0.3, 0.4) is 0 Å². The van der Waals surface area contributed by atoms with Crippen molar-refractivity contribution in [3.8, 4) is 0 Å². The minimum atomic E-state index is -0.0128. The maximum absolute atomic E-state index is 11.0. The molecule has 0 spiro atoms. The summed E-state index contributed by atoms with van der Waals surface area (Å²) in [6.07, 6.45) is 3.32. The normalized spacial score (nSPS) is 13.9. The summed E-state index contributed by atoms with van der Waals surface area (Å²) in [5.74, 6) is 0.116. The molecule has 58 valence electrons. The molecule has 0 bridgehead atoms. The van der Waals surface area contributed by atoms with E-state index in [1.807, 2.05) is 13.8 Å². The Bertz CT molecular complexity index is 127. The SMILES string of the molecule is C/C=C/C(=O)C(C)COC. The molecule has 0 N–H and O–H groups in total. The van der Waals surface area contributed by atoms with Gasteiger partial charge in [-0.25, -0.2) is 0 Å². The third-order valence-corrected chi connectivity index (χ3v) is 1.23. The van der Waals surface area contributed by atoms with Gasteiger partial charge in [-0.1, -0.05) is 13.0 Å². The first-order chi connectivity index (χ1) is 4.72. The van der Waals surface area contributed by atoms with Gasteiger partial charge in [0, 0.05) is 13.0 Å². The van der Waals surface area contributed by atoms with E-state index < -0.39 is 0 Å². The third-order valence-electron chi connectivity index (χ3n) is 1.23. The fourth-order valence-electron chi connectivity index (χ4n) is 0.661. The molecule has 0 aliphatic heterocycles.